The van der Waals surface area contributed by atoms with Crippen LogP contribution in [0.4, 0.5) is 5.69 Å². The molecule has 0 unspecified atom stereocenters. The lowest BCUT2D eigenvalue weighted by atomic mass is 10.1. The van der Waals surface area contributed by atoms with Crippen LogP contribution in [0, 0.1) is 12.8 Å². The summed E-state index contributed by atoms with van der Waals surface area (Å²) in [6.45, 7) is 4.86. The quantitative estimate of drug-likeness (QED) is 0.627. The minimum Gasteiger partial charge on any atom is -0.494 e. The molecule has 0 radical (unpaired) electrons. The number of ether oxygens (including phenoxy) is 1. The number of benzene rings is 1. The van der Waals surface area contributed by atoms with E-state index in [4.69, 9.17) is 4.74 Å². The molecule has 1 saturated heterocycles. The van der Waals surface area contributed by atoms with Crippen LogP contribution in [0.25, 0.3) is 0 Å². The van der Waals surface area contributed by atoms with Gasteiger partial charge < -0.3 is 9.64 Å². The van der Waals surface area contributed by atoms with Gasteiger partial charge in [0.15, 0.2) is 0 Å². The van der Waals surface area contributed by atoms with Crippen LogP contribution in [0.5, 0.6) is 5.75 Å². The molecule has 3 rings (SSSR count). The van der Waals surface area contributed by atoms with Gasteiger partial charge in [-0.15, -0.1) is 11.3 Å². The fourth-order valence-corrected chi connectivity index (χ4v) is 3.57. The van der Waals surface area contributed by atoms with E-state index in [1.165, 1.54) is 0 Å². The van der Waals surface area contributed by atoms with Gasteiger partial charge in [-0.25, -0.2) is 5.43 Å². The summed E-state index contributed by atoms with van der Waals surface area (Å²) < 4.78 is 5.41. The van der Waals surface area contributed by atoms with E-state index in [1.807, 2.05) is 49.6 Å². The number of thiophene rings is 1. The summed E-state index contributed by atoms with van der Waals surface area (Å²) in [7, 11) is 0. The molecule has 1 aromatic carbocycles. The lowest BCUT2D eigenvalue weighted by Gasteiger charge is -2.17. The van der Waals surface area contributed by atoms with E-state index < -0.39 is 5.92 Å². The van der Waals surface area contributed by atoms with Crippen molar-refractivity contribution < 1.29 is 14.3 Å². The Balaban J connectivity index is 1.59. The maximum absolute atomic E-state index is 12.3. The Hall–Kier alpha value is -2.67. The van der Waals surface area contributed by atoms with Gasteiger partial charge in [0, 0.05) is 23.5 Å². The van der Waals surface area contributed by atoms with Gasteiger partial charge in [0.2, 0.25) is 11.8 Å². The molecule has 2 amide bonds. The maximum atomic E-state index is 12.3. The van der Waals surface area contributed by atoms with Crippen LogP contribution in [0.2, 0.25) is 0 Å². The molecule has 2 heterocycles. The lowest BCUT2D eigenvalue weighted by Crippen LogP contribution is -2.30. The molecule has 0 spiro atoms. The van der Waals surface area contributed by atoms with Crippen molar-refractivity contribution in [1.82, 2.24) is 5.43 Å². The molecule has 0 saturated carbocycles. The minimum atomic E-state index is -0.407. The number of nitrogens with zero attached hydrogens (tertiary/aromatic N) is 2. The van der Waals surface area contributed by atoms with Gasteiger partial charge in [-0.05, 0) is 55.1 Å². The molecule has 2 aromatic rings. The maximum Gasteiger partial charge on any atom is 0.245 e. The molecule has 26 heavy (non-hydrogen) atoms. The third-order valence-corrected chi connectivity index (χ3v) is 5.17. The van der Waals surface area contributed by atoms with Gasteiger partial charge in [-0.3, -0.25) is 9.59 Å². The Bertz CT molecular complexity index is 814. The Morgan fingerprint density at radius 1 is 1.38 bits per heavy atom. The van der Waals surface area contributed by atoms with Gasteiger partial charge in [0.1, 0.15) is 5.75 Å². The number of nitrogens with one attached hydrogen (secondary N) is 1. The molecule has 7 heteroatoms. The van der Waals surface area contributed by atoms with Gasteiger partial charge in [0.25, 0.3) is 0 Å². The summed E-state index contributed by atoms with van der Waals surface area (Å²) in [4.78, 5) is 27.2. The molecule has 1 aromatic heterocycles. The van der Waals surface area contributed by atoms with Gasteiger partial charge in [0.05, 0.1) is 18.7 Å². The van der Waals surface area contributed by atoms with Crippen LogP contribution in [-0.4, -0.2) is 31.2 Å². The normalized spacial score (nSPS) is 17.1. The van der Waals surface area contributed by atoms with Crippen LogP contribution in [0.15, 0.2) is 40.8 Å². The average Bonchev–Trinajstić information content (AvgIpc) is 3.22. The van der Waals surface area contributed by atoms with Gasteiger partial charge >= 0.3 is 0 Å². The van der Waals surface area contributed by atoms with Crippen molar-refractivity contribution in [3.8, 4) is 5.75 Å². The Morgan fingerprint density at radius 2 is 2.15 bits per heavy atom. The number of rotatable bonds is 6. The molecule has 1 fully saturated rings. The molecule has 1 atom stereocenters. The van der Waals surface area contributed by atoms with Crippen molar-refractivity contribution >= 4 is 35.1 Å². The molecule has 1 aliphatic heterocycles. The Morgan fingerprint density at radius 3 is 2.81 bits per heavy atom. The van der Waals surface area contributed by atoms with Crippen LogP contribution in [0.3, 0.4) is 0 Å². The summed E-state index contributed by atoms with van der Waals surface area (Å²) >= 11 is 1.56. The SMILES string of the molecule is CCOc1ccc(N2C[C@H](C(=O)N/N=C\c3sccc3C)CC2=O)cc1. The predicted molar refractivity (Wildman–Crippen MR) is 103 cm³/mol. The minimum absolute atomic E-state index is 0.0626. The van der Waals surface area contributed by atoms with E-state index in [-0.39, 0.29) is 18.2 Å². The van der Waals surface area contributed by atoms with E-state index in [2.05, 4.69) is 10.5 Å². The predicted octanol–water partition coefficient (Wildman–Crippen LogP) is 2.96. The summed E-state index contributed by atoms with van der Waals surface area (Å²) in [5.41, 5.74) is 4.43. The summed E-state index contributed by atoms with van der Waals surface area (Å²) in [5.74, 6) is 0.0516. The largest absolute Gasteiger partial charge is 0.494 e. The fourth-order valence-electron chi connectivity index (χ4n) is 2.78. The fraction of sp³-hybridized carbons (Fsp3) is 0.316. The monoisotopic (exact) mass is 371 g/mol. The zero-order valence-electron chi connectivity index (χ0n) is 14.8. The first-order valence-corrected chi connectivity index (χ1v) is 9.36. The topological polar surface area (TPSA) is 71.0 Å². The summed E-state index contributed by atoms with van der Waals surface area (Å²) in [6, 6.07) is 9.32. The zero-order valence-corrected chi connectivity index (χ0v) is 15.6. The van der Waals surface area contributed by atoms with Crippen molar-refractivity contribution in [2.24, 2.45) is 11.0 Å². The number of hydrogen-bond acceptors (Lipinski definition) is 5. The number of carbonyl (C=O) groups excluding carboxylic acids is 2. The lowest BCUT2D eigenvalue weighted by molar-refractivity contribution is -0.126. The van der Waals surface area contributed by atoms with Gasteiger partial charge in [-0.2, -0.15) is 5.10 Å². The second kappa shape index (κ2) is 8.14. The van der Waals surface area contributed by atoms with Gasteiger partial charge in [-0.1, -0.05) is 0 Å². The summed E-state index contributed by atoms with van der Waals surface area (Å²) in [5, 5.41) is 5.99. The molecule has 1 aliphatic rings. The van der Waals surface area contributed by atoms with Crippen molar-refractivity contribution in [3.63, 3.8) is 0 Å². The van der Waals surface area contributed by atoms with E-state index in [1.54, 1.807) is 22.5 Å². The first kappa shape index (κ1) is 18.1. The number of amides is 2. The van der Waals surface area contributed by atoms with E-state index in [0.717, 1.165) is 21.9 Å². The van der Waals surface area contributed by atoms with Crippen LogP contribution < -0.4 is 15.1 Å². The van der Waals surface area contributed by atoms with Crippen LogP contribution in [0.1, 0.15) is 23.8 Å². The first-order chi connectivity index (χ1) is 12.6. The highest BCUT2D eigenvalue weighted by Crippen LogP contribution is 2.27. The smallest absolute Gasteiger partial charge is 0.245 e. The van der Waals surface area contributed by atoms with Crippen LogP contribution >= 0.6 is 11.3 Å². The van der Waals surface area contributed by atoms with E-state index in [9.17, 15) is 9.59 Å². The molecule has 1 N–H and O–H groups in total. The summed E-state index contributed by atoms with van der Waals surface area (Å²) in [6.07, 6.45) is 1.82. The second-order valence-corrected chi connectivity index (χ2v) is 6.98. The third kappa shape index (κ3) is 4.11. The first-order valence-electron chi connectivity index (χ1n) is 8.48. The molecular weight excluding hydrogens is 350 g/mol. The molecule has 0 aliphatic carbocycles. The third-order valence-electron chi connectivity index (χ3n) is 4.21. The highest BCUT2D eigenvalue weighted by atomic mass is 32.1. The Kier molecular flexibility index (Phi) is 5.68. The standard InChI is InChI=1S/C19H21N3O3S/c1-3-25-16-6-4-15(5-7-16)22-12-14(10-18(22)23)19(24)21-20-11-17-13(2)8-9-26-17/h4-9,11,14H,3,10,12H2,1-2H3,(H,21,24)/b20-11-/t14-/m1/s1. The van der Waals surface area contributed by atoms with E-state index >= 15 is 0 Å². The van der Waals surface area contributed by atoms with Crippen molar-refractivity contribution in [3.05, 3.63) is 46.2 Å². The second-order valence-electron chi connectivity index (χ2n) is 6.03. The number of hydrogen-bond donors (Lipinski definition) is 1. The highest BCUT2D eigenvalue weighted by molar-refractivity contribution is 7.11. The molecule has 0 bridgehead atoms. The number of hydrazone groups is 1. The molecular formula is C19H21N3O3S. The Labute approximate surface area is 156 Å². The highest BCUT2D eigenvalue weighted by Gasteiger charge is 2.35. The van der Waals surface area contributed by atoms with Crippen molar-refractivity contribution in [2.45, 2.75) is 20.3 Å². The average molecular weight is 371 g/mol. The molecule has 136 valence electrons. The number of carbonyl (C=O) groups is 2. The number of anilines is 1. The molecule has 6 nitrogen and oxygen atoms in total. The van der Waals surface area contributed by atoms with Crippen molar-refractivity contribution in [1.29, 1.82) is 0 Å². The zero-order chi connectivity index (χ0) is 18.5. The van der Waals surface area contributed by atoms with Crippen LogP contribution in [-0.2, 0) is 9.59 Å². The van der Waals surface area contributed by atoms with E-state index in [0.29, 0.717) is 13.2 Å². The number of aryl methyl sites for hydroxylation is 1. The van der Waals surface area contributed by atoms with Crippen molar-refractivity contribution in [2.75, 3.05) is 18.1 Å².